The fraction of sp³-hybridized carbons (Fsp3) is 0.357. The first-order valence-electron chi connectivity index (χ1n) is 12.6. The molecule has 1 N–H and O–H groups in total. The Morgan fingerprint density at radius 2 is 1.74 bits per heavy atom. The Morgan fingerprint density at radius 3 is 2.45 bits per heavy atom. The molecule has 0 saturated heterocycles. The standard InChI is InChI=1S/C28H29F3N2O5/c1-2-10-21-23(14-13-20-22(28(29,30)31)17-25(35)38-26(20)21)37-16-9-4-3-8-15-32-24(34)18-33(27(32)36)19-11-6-5-7-12-19/h5-7,11-14,17-18,34H,2-4,8-10,15-16H2,1H3. The molecule has 0 bridgehead atoms. The van der Waals surface area contributed by atoms with Crippen LogP contribution in [0.15, 0.2) is 68.7 Å². The summed E-state index contributed by atoms with van der Waals surface area (Å²) in [4.78, 5) is 24.5. The van der Waals surface area contributed by atoms with Crippen molar-refractivity contribution in [1.82, 2.24) is 9.13 Å². The Morgan fingerprint density at radius 1 is 1.00 bits per heavy atom. The van der Waals surface area contributed by atoms with Crippen molar-refractivity contribution < 1.29 is 27.4 Å². The van der Waals surface area contributed by atoms with Gasteiger partial charge in [0.1, 0.15) is 11.3 Å². The minimum atomic E-state index is -4.67. The second-order valence-corrected chi connectivity index (χ2v) is 9.04. The number of benzene rings is 2. The first-order valence-corrected chi connectivity index (χ1v) is 12.6. The summed E-state index contributed by atoms with van der Waals surface area (Å²) in [6, 6.07) is 12.3. The van der Waals surface area contributed by atoms with E-state index in [1.807, 2.05) is 25.1 Å². The van der Waals surface area contributed by atoms with E-state index in [-0.39, 0.29) is 22.5 Å². The van der Waals surface area contributed by atoms with Crippen LogP contribution in [0, 0.1) is 0 Å². The van der Waals surface area contributed by atoms with Crippen molar-refractivity contribution in [3.63, 3.8) is 0 Å². The van der Waals surface area contributed by atoms with Crippen molar-refractivity contribution in [3.8, 4) is 17.3 Å². The highest BCUT2D eigenvalue weighted by molar-refractivity contribution is 5.85. The SMILES string of the molecule is CCCc1c(OCCCCCCn2c(O)cn(-c3ccccc3)c2=O)ccc2c(C(F)(F)F)cc(=O)oc12. The largest absolute Gasteiger partial charge is 0.493 e. The summed E-state index contributed by atoms with van der Waals surface area (Å²) in [5, 5.41) is 10.0. The van der Waals surface area contributed by atoms with Gasteiger partial charge in [-0.25, -0.2) is 9.59 Å². The number of aryl methyl sites for hydroxylation is 1. The fourth-order valence-electron chi connectivity index (χ4n) is 4.48. The number of halogens is 3. The molecule has 2 aromatic carbocycles. The second kappa shape index (κ2) is 11.6. The van der Waals surface area contributed by atoms with Gasteiger partial charge in [-0.3, -0.25) is 9.13 Å². The quantitative estimate of drug-likeness (QED) is 0.188. The molecule has 38 heavy (non-hydrogen) atoms. The first-order chi connectivity index (χ1) is 18.2. The third kappa shape index (κ3) is 5.95. The molecule has 0 spiro atoms. The third-order valence-corrected chi connectivity index (χ3v) is 6.30. The fourth-order valence-corrected chi connectivity index (χ4v) is 4.48. The number of alkyl halides is 3. The average molecular weight is 531 g/mol. The molecule has 10 heteroatoms. The molecule has 0 unspecified atom stereocenters. The Balaban J connectivity index is 1.34. The van der Waals surface area contributed by atoms with E-state index in [4.69, 9.17) is 9.15 Å². The number of rotatable bonds is 11. The molecule has 0 aliphatic heterocycles. The zero-order valence-electron chi connectivity index (χ0n) is 21.0. The zero-order chi connectivity index (χ0) is 27.3. The molecule has 2 aromatic heterocycles. The van der Waals surface area contributed by atoms with Crippen molar-refractivity contribution in [3.05, 3.63) is 86.8 Å². The van der Waals surface area contributed by atoms with Crippen LogP contribution < -0.4 is 16.1 Å². The van der Waals surface area contributed by atoms with Crippen LogP contribution in [0.5, 0.6) is 11.6 Å². The van der Waals surface area contributed by atoms with Gasteiger partial charge < -0.3 is 14.3 Å². The third-order valence-electron chi connectivity index (χ3n) is 6.30. The number of aromatic nitrogens is 2. The van der Waals surface area contributed by atoms with Crippen LogP contribution in [-0.4, -0.2) is 20.8 Å². The minimum Gasteiger partial charge on any atom is -0.493 e. The summed E-state index contributed by atoms with van der Waals surface area (Å²) in [5.74, 6) is 0.308. The van der Waals surface area contributed by atoms with Gasteiger partial charge in [-0.15, -0.1) is 0 Å². The number of ether oxygens (including phenoxy) is 1. The molecule has 0 radical (unpaired) electrons. The summed E-state index contributed by atoms with van der Waals surface area (Å²) in [7, 11) is 0. The van der Waals surface area contributed by atoms with Crippen LogP contribution >= 0.6 is 0 Å². The van der Waals surface area contributed by atoms with Crippen molar-refractivity contribution >= 4 is 11.0 Å². The Bertz CT molecular complexity index is 1500. The molecule has 0 aliphatic carbocycles. The highest BCUT2D eigenvalue weighted by atomic mass is 19.4. The molecule has 4 aromatic rings. The maximum Gasteiger partial charge on any atom is 0.417 e. The first kappa shape index (κ1) is 27.1. The number of fused-ring (bicyclic) bond motifs is 1. The minimum absolute atomic E-state index is 0.0862. The van der Waals surface area contributed by atoms with Crippen LogP contribution in [0.1, 0.15) is 50.2 Å². The van der Waals surface area contributed by atoms with Gasteiger partial charge in [-0.05, 0) is 43.5 Å². The van der Waals surface area contributed by atoms with E-state index >= 15 is 0 Å². The number of unbranched alkanes of at least 4 members (excludes halogenated alkanes) is 3. The lowest BCUT2D eigenvalue weighted by Gasteiger charge is -2.15. The van der Waals surface area contributed by atoms with Crippen molar-refractivity contribution in [2.24, 2.45) is 0 Å². The van der Waals surface area contributed by atoms with Crippen molar-refractivity contribution in [1.29, 1.82) is 0 Å². The molecule has 0 aliphatic rings. The van der Waals surface area contributed by atoms with Crippen LogP contribution in [0.2, 0.25) is 0 Å². The number of hydrogen-bond donors (Lipinski definition) is 1. The van der Waals surface area contributed by atoms with E-state index < -0.39 is 17.4 Å². The highest BCUT2D eigenvalue weighted by Gasteiger charge is 2.34. The average Bonchev–Trinajstić information content (AvgIpc) is 3.17. The Kier molecular flexibility index (Phi) is 8.29. The topological polar surface area (TPSA) is 86.6 Å². The lowest BCUT2D eigenvalue weighted by molar-refractivity contribution is -0.136. The summed E-state index contributed by atoms with van der Waals surface area (Å²) in [6.07, 6.45) is 0.699. The van der Waals surface area contributed by atoms with E-state index in [9.17, 15) is 27.9 Å². The number of para-hydroxylation sites is 1. The smallest absolute Gasteiger partial charge is 0.417 e. The highest BCUT2D eigenvalue weighted by Crippen LogP contribution is 2.37. The predicted octanol–water partition coefficient (Wildman–Crippen LogP) is 6.06. The van der Waals surface area contributed by atoms with Gasteiger partial charge in [0.25, 0.3) is 0 Å². The molecule has 7 nitrogen and oxygen atoms in total. The molecular formula is C28H29F3N2O5. The van der Waals surface area contributed by atoms with Gasteiger partial charge in [0.05, 0.1) is 24.1 Å². The van der Waals surface area contributed by atoms with E-state index in [2.05, 4.69) is 0 Å². The molecule has 4 rings (SSSR count). The lowest BCUT2D eigenvalue weighted by Crippen LogP contribution is -2.23. The monoisotopic (exact) mass is 530 g/mol. The zero-order valence-corrected chi connectivity index (χ0v) is 21.0. The molecule has 202 valence electrons. The summed E-state index contributed by atoms with van der Waals surface area (Å²) in [5.41, 5.74) is -1.34. The summed E-state index contributed by atoms with van der Waals surface area (Å²) < 4.78 is 54.2. The number of nitrogens with zero attached hydrogens (tertiary/aromatic N) is 2. The number of imidazole rings is 1. The van der Waals surface area contributed by atoms with Gasteiger partial charge >= 0.3 is 17.5 Å². The van der Waals surface area contributed by atoms with E-state index in [0.29, 0.717) is 61.9 Å². The van der Waals surface area contributed by atoms with Crippen LogP contribution in [0.3, 0.4) is 0 Å². The van der Waals surface area contributed by atoms with Crippen LogP contribution in [-0.2, 0) is 19.1 Å². The maximum atomic E-state index is 13.5. The van der Waals surface area contributed by atoms with Gasteiger partial charge in [0.15, 0.2) is 0 Å². The number of hydrogen-bond acceptors (Lipinski definition) is 5. The molecule has 0 atom stereocenters. The predicted molar refractivity (Wildman–Crippen MR) is 137 cm³/mol. The van der Waals surface area contributed by atoms with Crippen molar-refractivity contribution in [2.45, 2.75) is 58.2 Å². The molecular weight excluding hydrogens is 501 g/mol. The van der Waals surface area contributed by atoms with Gasteiger partial charge in [0, 0.05) is 23.6 Å². The maximum absolute atomic E-state index is 13.5. The molecule has 0 amide bonds. The van der Waals surface area contributed by atoms with Crippen LogP contribution in [0.25, 0.3) is 16.7 Å². The number of aromatic hydroxyl groups is 1. The Hall–Kier alpha value is -3.95. The summed E-state index contributed by atoms with van der Waals surface area (Å²) >= 11 is 0. The van der Waals surface area contributed by atoms with Gasteiger partial charge in [0.2, 0.25) is 5.88 Å². The van der Waals surface area contributed by atoms with E-state index in [1.165, 1.54) is 27.5 Å². The van der Waals surface area contributed by atoms with Crippen LogP contribution in [0.4, 0.5) is 13.2 Å². The molecule has 0 fully saturated rings. The normalized spacial score (nSPS) is 11.8. The van der Waals surface area contributed by atoms with E-state index in [0.717, 1.165) is 12.8 Å². The molecule has 0 saturated carbocycles. The lowest BCUT2D eigenvalue weighted by atomic mass is 10.0. The molecule has 2 heterocycles. The van der Waals surface area contributed by atoms with Gasteiger partial charge in [-0.1, -0.05) is 44.4 Å². The van der Waals surface area contributed by atoms with E-state index in [1.54, 1.807) is 12.1 Å². The van der Waals surface area contributed by atoms with Crippen molar-refractivity contribution in [2.75, 3.05) is 6.61 Å². The summed E-state index contributed by atoms with van der Waals surface area (Å²) in [6.45, 7) is 2.59. The van der Waals surface area contributed by atoms with Gasteiger partial charge in [-0.2, -0.15) is 13.2 Å². The Labute approximate surface area is 216 Å². The second-order valence-electron chi connectivity index (χ2n) is 9.04.